The molecule has 0 radical (unpaired) electrons. The second-order valence-electron chi connectivity index (χ2n) is 17.6. The highest BCUT2D eigenvalue weighted by Crippen LogP contribution is 2.62. The number of unbranched alkanes of at least 4 members (excludes halogenated alkanes) is 2. The minimum Gasteiger partial charge on any atom is -0.459 e. The van der Waals surface area contributed by atoms with E-state index in [1.54, 1.807) is 42.1 Å². The first-order valence-electron chi connectivity index (χ1n) is 23.0. The third kappa shape index (κ3) is 10.4. The van der Waals surface area contributed by atoms with Crippen molar-refractivity contribution in [3.63, 3.8) is 0 Å². The Morgan fingerprint density at radius 2 is 1.67 bits per heavy atom. The minimum atomic E-state index is -1.47. The SMILES string of the molecule is C=CCOC12Oc3ccc(Oc4ccc(SC)cc4)cc3C3C(CCCCO)C(CCCCO)C=C(C(=NOCc4ccc([N+](=O)[O-])cc4)CC1N(Cc1ccc(F)cc1)C(=O)C1CC1)C32. The maximum atomic E-state index is 14.9. The molecule has 1 aliphatic heterocycles. The van der Waals surface area contributed by atoms with E-state index in [0.29, 0.717) is 41.4 Å². The molecule has 2 saturated carbocycles. The van der Waals surface area contributed by atoms with Crippen LogP contribution in [0.15, 0.2) is 125 Å². The number of allylic oxidation sites excluding steroid dienone is 1. The van der Waals surface area contributed by atoms with Gasteiger partial charge in [0, 0.05) is 60.6 Å². The number of carbonyl (C=O) groups is 1. The average molecular weight is 920 g/mol. The van der Waals surface area contributed by atoms with Crippen LogP contribution >= 0.6 is 11.8 Å². The van der Waals surface area contributed by atoms with Crippen molar-refractivity contribution in [2.45, 2.75) is 93.6 Å². The number of oxime groups is 1. The van der Waals surface area contributed by atoms with Crippen LogP contribution in [0, 0.1) is 39.6 Å². The summed E-state index contributed by atoms with van der Waals surface area (Å²) in [5, 5.41) is 36.3. The summed E-state index contributed by atoms with van der Waals surface area (Å²) < 4.78 is 35.4. The normalized spacial score (nSPS) is 23.5. The van der Waals surface area contributed by atoms with Gasteiger partial charge in [-0.3, -0.25) is 14.9 Å². The van der Waals surface area contributed by atoms with Crippen LogP contribution in [0.5, 0.6) is 17.2 Å². The number of nitrogens with zero attached hydrogens (tertiary/aromatic N) is 3. The number of non-ortho nitro benzene ring substituents is 1. The molecular weight excluding hydrogens is 862 g/mol. The Morgan fingerprint density at radius 1 is 0.970 bits per heavy atom. The van der Waals surface area contributed by atoms with Crippen LogP contribution in [0.1, 0.15) is 80.4 Å². The number of ether oxygens (including phenoxy) is 3. The van der Waals surface area contributed by atoms with E-state index < -0.39 is 22.7 Å². The van der Waals surface area contributed by atoms with Crippen LogP contribution in [0.4, 0.5) is 10.1 Å². The zero-order valence-corrected chi connectivity index (χ0v) is 38.1. The molecule has 0 aromatic heterocycles. The maximum absolute atomic E-state index is 14.9. The molecule has 4 aromatic rings. The van der Waals surface area contributed by atoms with Gasteiger partial charge in [0.05, 0.1) is 23.2 Å². The molecule has 8 rings (SSSR count). The van der Waals surface area contributed by atoms with Gasteiger partial charge >= 0.3 is 0 Å². The molecule has 12 nitrogen and oxygen atoms in total. The van der Waals surface area contributed by atoms with Crippen molar-refractivity contribution < 1.29 is 43.4 Å². The van der Waals surface area contributed by atoms with Crippen LogP contribution in [0.25, 0.3) is 0 Å². The number of thioether (sulfide) groups is 1. The molecule has 0 saturated heterocycles. The van der Waals surface area contributed by atoms with E-state index in [1.807, 2.05) is 47.6 Å². The maximum Gasteiger partial charge on any atom is 0.269 e. The fourth-order valence-corrected chi connectivity index (χ4v) is 10.5. The van der Waals surface area contributed by atoms with E-state index in [0.717, 1.165) is 60.1 Å². The van der Waals surface area contributed by atoms with Crippen molar-refractivity contribution in [2.24, 2.45) is 28.8 Å². The monoisotopic (exact) mass is 919 g/mol. The molecule has 6 unspecified atom stereocenters. The molecule has 2 N–H and O–H groups in total. The summed E-state index contributed by atoms with van der Waals surface area (Å²) in [6.45, 7) is 4.48. The van der Waals surface area contributed by atoms with Crippen LogP contribution in [0.3, 0.4) is 0 Å². The Morgan fingerprint density at radius 3 is 2.33 bits per heavy atom. The van der Waals surface area contributed by atoms with Crippen LogP contribution < -0.4 is 9.47 Å². The Hall–Kier alpha value is -5.54. The van der Waals surface area contributed by atoms with E-state index in [-0.39, 0.29) is 80.5 Å². The van der Waals surface area contributed by atoms with Gasteiger partial charge in [0.25, 0.3) is 5.69 Å². The quantitative estimate of drug-likeness (QED) is 0.0256. The fourth-order valence-electron chi connectivity index (χ4n) is 10.1. The molecule has 0 spiro atoms. The first-order chi connectivity index (χ1) is 32.2. The first kappa shape index (κ1) is 47.0. The Bertz CT molecular complexity index is 2390. The highest BCUT2D eigenvalue weighted by atomic mass is 32.2. The molecule has 1 amide bonds. The number of nitro benzene ring substituents is 1. The number of hydrogen-bond donors (Lipinski definition) is 2. The lowest BCUT2D eigenvalue weighted by Crippen LogP contribution is -2.70. The predicted molar refractivity (Wildman–Crippen MR) is 251 cm³/mol. The minimum absolute atomic E-state index is 0.000159. The highest BCUT2D eigenvalue weighted by molar-refractivity contribution is 7.98. The van der Waals surface area contributed by atoms with Crippen LogP contribution in [0.2, 0.25) is 0 Å². The summed E-state index contributed by atoms with van der Waals surface area (Å²) in [4.78, 5) is 35.0. The van der Waals surface area contributed by atoms with Gasteiger partial charge in [-0.2, -0.15) is 0 Å². The second-order valence-corrected chi connectivity index (χ2v) is 18.5. The predicted octanol–water partition coefficient (Wildman–Crippen LogP) is 10.5. The molecule has 14 heteroatoms. The third-order valence-corrected chi connectivity index (χ3v) is 14.1. The molecule has 348 valence electrons. The van der Waals surface area contributed by atoms with Gasteiger partial charge < -0.3 is 34.2 Å². The largest absolute Gasteiger partial charge is 0.459 e. The molecule has 66 heavy (non-hydrogen) atoms. The summed E-state index contributed by atoms with van der Waals surface area (Å²) in [7, 11) is 0. The van der Waals surface area contributed by atoms with Crippen molar-refractivity contribution in [1.29, 1.82) is 0 Å². The molecule has 6 atom stereocenters. The van der Waals surface area contributed by atoms with Crippen molar-refractivity contribution >= 4 is 29.1 Å². The van der Waals surface area contributed by atoms with E-state index in [4.69, 9.17) is 24.2 Å². The topological polar surface area (TPSA) is 153 Å². The third-order valence-electron chi connectivity index (χ3n) is 13.3. The molecular formula is C52H58FN3O9S. The van der Waals surface area contributed by atoms with Crippen molar-refractivity contribution in [2.75, 3.05) is 26.1 Å². The number of nitro groups is 1. The van der Waals surface area contributed by atoms with Gasteiger partial charge in [-0.1, -0.05) is 42.3 Å². The number of fused-ring (bicyclic) bond motifs is 2. The molecule has 4 aliphatic rings. The van der Waals surface area contributed by atoms with E-state index in [9.17, 15) is 29.5 Å². The van der Waals surface area contributed by atoms with Gasteiger partial charge in [0.1, 0.15) is 35.7 Å². The van der Waals surface area contributed by atoms with Gasteiger partial charge in [-0.15, -0.1) is 18.3 Å². The van der Waals surface area contributed by atoms with Gasteiger partial charge in [0.15, 0.2) is 0 Å². The summed E-state index contributed by atoms with van der Waals surface area (Å²) in [5.74, 6) is -0.979. The fraction of sp³-hybridized carbons (Fsp3) is 0.423. The highest BCUT2D eigenvalue weighted by Gasteiger charge is 2.66. The number of rotatable bonds is 22. The zero-order chi connectivity index (χ0) is 46.2. The molecule has 2 fully saturated rings. The number of aliphatic hydroxyl groups excluding tert-OH is 2. The lowest BCUT2D eigenvalue weighted by molar-refractivity contribution is -0.384. The molecule has 0 bridgehead atoms. The summed E-state index contributed by atoms with van der Waals surface area (Å²) in [5.41, 5.74) is 3.82. The molecule has 3 aliphatic carbocycles. The lowest BCUT2D eigenvalue weighted by Gasteiger charge is -2.60. The van der Waals surface area contributed by atoms with Crippen molar-refractivity contribution in [1.82, 2.24) is 4.90 Å². The van der Waals surface area contributed by atoms with Crippen molar-refractivity contribution in [3.8, 4) is 17.2 Å². The van der Waals surface area contributed by atoms with Gasteiger partial charge in [-0.25, -0.2) is 4.39 Å². The average Bonchev–Trinajstić information content (AvgIpc) is 4.19. The molecule has 4 aromatic carbocycles. The second kappa shape index (κ2) is 21.4. The lowest BCUT2D eigenvalue weighted by atomic mass is 9.55. The summed E-state index contributed by atoms with van der Waals surface area (Å²) >= 11 is 1.65. The zero-order valence-electron chi connectivity index (χ0n) is 37.3. The number of amides is 1. The van der Waals surface area contributed by atoms with E-state index >= 15 is 0 Å². The Kier molecular flexibility index (Phi) is 15.2. The van der Waals surface area contributed by atoms with Crippen molar-refractivity contribution in [3.05, 3.63) is 148 Å². The van der Waals surface area contributed by atoms with E-state index in [2.05, 4.69) is 18.7 Å². The number of carbonyl (C=O) groups excluding carboxylic acids is 1. The Labute approximate surface area is 389 Å². The number of halogens is 1. The first-order valence-corrected chi connectivity index (χ1v) is 24.2. The van der Waals surface area contributed by atoms with Gasteiger partial charge in [0.2, 0.25) is 11.7 Å². The standard InChI is InChI=1S/C52H58FN3O9S/c1-3-28-62-52-48(55(51(59)36-14-15-36)32-34-10-16-38(53)17-11-34)31-46(54-63-33-35-12-18-39(19-13-35)56(60)61)44-29-37(8-4-6-26-57)43(9-5-7-27-58)49(50(44)52)45-30-41(22-25-47(45)65-52)64-40-20-23-42(66-2)24-21-40/h3,10-13,16-25,29-30,36-37,43,48-50,57-58H,1,4-9,14-15,26-28,31-33H2,2H3. The van der Waals surface area contributed by atoms with Gasteiger partial charge in [-0.05, 0) is 140 Å². The smallest absolute Gasteiger partial charge is 0.269 e. The number of aliphatic hydroxyl groups is 2. The summed E-state index contributed by atoms with van der Waals surface area (Å²) in [6.07, 6.45) is 12.0. The van der Waals surface area contributed by atoms with E-state index in [1.165, 1.54) is 24.3 Å². The Balaban J connectivity index is 1.31. The van der Waals surface area contributed by atoms with Crippen LogP contribution in [-0.2, 0) is 27.5 Å². The summed E-state index contributed by atoms with van der Waals surface area (Å²) in [6, 6.07) is 25.4. The number of benzene rings is 4. The van der Waals surface area contributed by atoms with Crippen LogP contribution in [-0.4, -0.2) is 69.6 Å². The molecule has 1 heterocycles. The number of hydrogen-bond acceptors (Lipinski definition) is 11.